The van der Waals surface area contributed by atoms with Gasteiger partial charge in [0.25, 0.3) is 5.91 Å². The second-order valence-electron chi connectivity index (χ2n) is 5.62. The summed E-state index contributed by atoms with van der Waals surface area (Å²) in [4.78, 5) is 12.7. The van der Waals surface area contributed by atoms with E-state index in [-0.39, 0.29) is 11.9 Å². The molecule has 25 heavy (non-hydrogen) atoms. The maximum atomic E-state index is 12.7. The van der Waals surface area contributed by atoms with Gasteiger partial charge in [-0.05, 0) is 41.1 Å². The standard InChI is InChI=1S/C19H20BrNO4/c1-3-24-18-14(20)10-12(11-17(18)23-2)19(22)21-15-8-9-25-16-7-5-4-6-13(15)16/h4-7,10-11,15H,3,8-9H2,1-2H3,(H,21,22)/t15-/m1/s1. The average Bonchev–Trinajstić information content (AvgIpc) is 2.63. The van der Waals surface area contributed by atoms with Gasteiger partial charge in [-0.15, -0.1) is 0 Å². The number of para-hydroxylation sites is 1. The topological polar surface area (TPSA) is 56.8 Å². The first kappa shape index (κ1) is 17.6. The lowest BCUT2D eigenvalue weighted by Gasteiger charge is -2.26. The molecule has 0 fully saturated rings. The van der Waals surface area contributed by atoms with Gasteiger partial charge in [-0.1, -0.05) is 18.2 Å². The second kappa shape index (κ2) is 7.78. The van der Waals surface area contributed by atoms with Crippen molar-refractivity contribution in [2.24, 2.45) is 0 Å². The largest absolute Gasteiger partial charge is 0.493 e. The Morgan fingerprint density at radius 2 is 2.16 bits per heavy atom. The fourth-order valence-corrected chi connectivity index (χ4v) is 3.43. The fraction of sp³-hybridized carbons (Fsp3) is 0.316. The van der Waals surface area contributed by atoms with Gasteiger partial charge >= 0.3 is 0 Å². The van der Waals surface area contributed by atoms with Crippen LogP contribution in [-0.4, -0.2) is 26.2 Å². The van der Waals surface area contributed by atoms with Gasteiger partial charge in [-0.2, -0.15) is 0 Å². The van der Waals surface area contributed by atoms with Crippen molar-refractivity contribution in [3.8, 4) is 17.2 Å². The SMILES string of the molecule is CCOc1c(Br)cc(C(=O)N[C@@H]2CCOc3ccccc32)cc1OC. The van der Waals surface area contributed by atoms with Crippen molar-refractivity contribution in [1.82, 2.24) is 5.32 Å². The first-order valence-corrected chi connectivity index (χ1v) is 8.96. The molecule has 0 saturated heterocycles. The number of ether oxygens (including phenoxy) is 3. The maximum absolute atomic E-state index is 12.7. The molecule has 2 aromatic rings. The summed E-state index contributed by atoms with van der Waals surface area (Å²) in [5.74, 6) is 1.78. The van der Waals surface area contributed by atoms with E-state index in [1.165, 1.54) is 0 Å². The lowest BCUT2D eigenvalue weighted by atomic mass is 10.00. The summed E-state index contributed by atoms with van der Waals surface area (Å²) in [6, 6.07) is 11.1. The van der Waals surface area contributed by atoms with Crippen LogP contribution in [0.25, 0.3) is 0 Å². The van der Waals surface area contributed by atoms with Gasteiger partial charge in [-0.3, -0.25) is 4.79 Å². The van der Waals surface area contributed by atoms with Gasteiger partial charge in [0.15, 0.2) is 11.5 Å². The number of amides is 1. The molecule has 0 aliphatic carbocycles. The second-order valence-corrected chi connectivity index (χ2v) is 6.48. The van der Waals surface area contributed by atoms with E-state index in [9.17, 15) is 4.79 Å². The number of carbonyl (C=O) groups is 1. The number of benzene rings is 2. The molecule has 1 N–H and O–H groups in total. The zero-order valence-electron chi connectivity index (χ0n) is 14.2. The van der Waals surface area contributed by atoms with Gasteiger partial charge in [-0.25, -0.2) is 0 Å². The molecule has 132 valence electrons. The van der Waals surface area contributed by atoms with Crippen molar-refractivity contribution in [3.05, 3.63) is 52.0 Å². The van der Waals surface area contributed by atoms with Crippen LogP contribution in [0.2, 0.25) is 0 Å². The molecule has 1 amide bonds. The maximum Gasteiger partial charge on any atom is 0.251 e. The number of fused-ring (bicyclic) bond motifs is 1. The summed E-state index contributed by atoms with van der Waals surface area (Å²) in [6.07, 6.45) is 0.734. The molecular weight excluding hydrogens is 386 g/mol. The van der Waals surface area contributed by atoms with Crippen LogP contribution in [0.5, 0.6) is 17.2 Å². The minimum atomic E-state index is -0.163. The normalized spacial score (nSPS) is 15.7. The summed E-state index contributed by atoms with van der Waals surface area (Å²) < 4.78 is 17.3. The Morgan fingerprint density at radius 1 is 1.36 bits per heavy atom. The van der Waals surface area contributed by atoms with Crippen molar-refractivity contribution in [1.29, 1.82) is 0 Å². The van der Waals surface area contributed by atoms with E-state index < -0.39 is 0 Å². The lowest BCUT2D eigenvalue weighted by Crippen LogP contribution is -2.32. The van der Waals surface area contributed by atoms with E-state index >= 15 is 0 Å². The highest BCUT2D eigenvalue weighted by Gasteiger charge is 2.24. The summed E-state index contributed by atoms with van der Waals surface area (Å²) in [7, 11) is 1.56. The van der Waals surface area contributed by atoms with E-state index in [1.54, 1.807) is 19.2 Å². The van der Waals surface area contributed by atoms with Crippen LogP contribution in [0.3, 0.4) is 0 Å². The van der Waals surface area contributed by atoms with Crippen molar-refractivity contribution in [3.63, 3.8) is 0 Å². The van der Waals surface area contributed by atoms with Crippen LogP contribution < -0.4 is 19.5 Å². The highest BCUT2D eigenvalue weighted by atomic mass is 79.9. The molecule has 1 heterocycles. The van der Waals surface area contributed by atoms with E-state index in [4.69, 9.17) is 14.2 Å². The highest BCUT2D eigenvalue weighted by Crippen LogP contribution is 2.37. The third-order valence-electron chi connectivity index (χ3n) is 4.04. The molecule has 0 unspecified atom stereocenters. The van der Waals surface area contributed by atoms with Gasteiger partial charge in [0.1, 0.15) is 5.75 Å². The van der Waals surface area contributed by atoms with Crippen LogP contribution in [-0.2, 0) is 0 Å². The summed E-state index contributed by atoms with van der Waals surface area (Å²) >= 11 is 3.45. The zero-order chi connectivity index (χ0) is 17.8. The van der Waals surface area contributed by atoms with Crippen LogP contribution in [0, 0.1) is 0 Å². The Morgan fingerprint density at radius 3 is 2.92 bits per heavy atom. The van der Waals surface area contributed by atoms with Crippen molar-refractivity contribution in [2.75, 3.05) is 20.3 Å². The predicted molar refractivity (Wildman–Crippen MR) is 98.6 cm³/mol. The quantitative estimate of drug-likeness (QED) is 0.812. The molecule has 6 heteroatoms. The van der Waals surface area contributed by atoms with E-state index in [0.717, 1.165) is 17.7 Å². The Hall–Kier alpha value is -2.21. The summed E-state index contributed by atoms with van der Waals surface area (Å²) in [5.41, 5.74) is 1.51. The molecule has 0 aromatic heterocycles. The Labute approximate surface area is 155 Å². The molecule has 3 rings (SSSR count). The molecule has 5 nitrogen and oxygen atoms in total. The van der Waals surface area contributed by atoms with Gasteiger partial charge in [0.2, 0.25) is 0 Å². The molecule has 0 bridgehead atoms. The first-order valence-electron chi connectivity index (χ1n) is 8.17. The number of carbonyl (C=O) groups excluding carboxylic acids is 1. The van der Waals surface area contributed by atoms with Gasteiger partial charge < -0.3 is 19.5 Å². The third-order valence-corrected chi connectivity index (χ3v) is 4.63. The summed E-state index contributed by atoms with van der Waals surface area (Å²) in [6.45, 7) is 2.99. The zero-order valence-corrected chi connectivity index (χ0v) is 15.8. The van der Waals surface area contributed by atoms with Crippen LogP contribution in [0.1, 0.15) is 35.3 Å². The number of rotatable bonds is 5. The van der Waals surface area contributed by atoms with Gasteiger partial charge in [0, 0.05) is 17.5 Å². The van der Waals surface area contributed by atoms with Crippen molar-refractivity contribution >= 4 is 21.8 Å². The van der Waals surface area contributed by atoms with Gasteiger partial charge in [0.05, 0.1) is 30.8 Å². The van der Waals surface area contributed by atoms with Crippen molar-refractivity contribution in [2.45, 2.75) is 19.4 Å². The first-order chi connectivity index (χ1) is 12.1. The Balaban J connectivity index is 1.84. The number of hydrogen-bond acceptors (Lipinski definition) is 4. The van der Waals surface area contributed by atoms with Crippen LogP contribution >= 0.6 is 15.9 Å². The Kier molecular flexibility index (Phi) is 5.48. The Bertz CT molecular complexity index is 778. The minimum Gasteiger partial charge on any atom is -0.493 e. The molecule has 1 aliphatic rings. The number of methoxy groups -OCH3 is 1. The smallest absolute Gasteiger partial charge is 0.251 e. The monoisotopic (exact) mass is 405 g/mol. The third kappa shape index (κ3) is 3.74. The van der Waals surface area contributed by atoms with Crippen LogP contribution in [0.15, 0.2) is 40.9 Å². The van der Waals surface area contributed by atoms with E-state index in [1.807, 2.05) is 31.2 Å². The summed E-state index contributed by atoms with van der Waals surface area (Å²) in [5, 5.41) is 3.09. The average molecular weight is 406 g/mol. The predicted octanol–water partition coefficient (Wildman–Crippen LogP) is 4.11. The lowest BCUT2D eigenvalue weighted by molar-refractivity contribution is 0.0924. The molecule has 0 saturated carbocycles. The fourth-order valence-electron chi connectivity index (χ4n) is 2.87. The molecule has 1 atom stereocenters. The van der Waals surface area contributed by atoms with E-state index in [2.05, 4.69) is 21.2 Å². The highest BCUT2D eigenvalue weighted by molar-refractivity contribution is 9.10. The number of halogens is 1. The minimum absolute atomic E-state index is 0.0752. The molecule has 2 aromatic carbocycles. The molecule has 0 spiro atoms. The van der Waals surface area contributed by atoms with Crippen LogP contribution in [0.4, 0.5) is 0 Å². The molecule has 1 aliphatic heterocycles. The molecule has 0 radical (unpaired) electrons. The van der Waals surface area contributed by atoms with E-state index in [0.29, 0.717) is 34.7 Å². The van der Waals surface area contributed by atoms with Crippen molar-refractivity contribution < 1.29 is 19.0 Å². The number of nitrogens with one attached hydrogen (secondary N) is 1. The molecular formula is C19H20BrNO4. The number of hydrogen-bond donors (Lipinski definition) is 1.